The van der Waals surface area contributed by atoms with E-state index in [1.807, 2.05) is 6.20 Å². The van der Waals surface area contributed by atoms with E-state index in [9.17, 15) is 0 Å². The van der Waals surface area contributed by atoms with E-state index in [-0.39, 0.29) is 5.60 Å². The monoisotopic (exact) mass is 377 g/mol. The van der Waals surface area contributed by atoms with Crippen LogP contribution in [0, 0.1) is 18.8 Å². The predicted octanol–water partition coefficient (Wildman–Crippen LogP) is 2.22. The highest BCUT2D eigenvalue weighted by atomic mass is 16.5. The second-order valence-corrected chi connectivity index (χ2v) is 9.59. The van der Waals surface area contributed by atoms with Crippen molar-refractivity contribution in [2.24, 2.45) is 11.8 Å². The summed E-state index contributed by atoms with van der Waals surface area (Å²) in [4.78, 5) is 7.75. The molecule has 1 N–H and O–H groups in total. The van der Waals surface area contributed by atoms with Crippen LogP contribution in [-0.2, 0) is 11.3 Å². The Hall–Kier alpha value is -0.950. The standard InChI is InChI=1S/C21H39N5O/c1-17-18(11-22-23-17)12-26-14-19(20(15-26)16-27-21(2,3)4)13-25-8-6-7-24(5)9-10-25/h11,19-20H,6-10,12-16H2,1-5H3,(H,22,23). The fourth-order valence-electron chi connectivity index (χ4n) is 4.32. The molecule has 2 fully saturated rings. The number of hydrogen-bond acceptors (Lipinski definition) is 5. The lowest BCUT2D eigenvalue weighted by Crippen LogP contribution is -2.37. The number of aromatic amines is 1. The van der Waals surface area contributed by atoms with Gasteiger partial charge in [0.25, 0.3) is 0 Å². The maximum absolute atomic E-state index is 6.21. The summed E-state index contributed by atoms with van der Waals surface area (Å²) in [5.74, 6) is 1.29. The molecule has 6 heteroatoms. The molecule has 0 bridgehead atoms. The molecule has 1 aromatic rings. The van der Waals surface area contributed by atoms with Gasteiger partial charge in [-0.2, -0.15) is 5.10 Å². The molecule has 2 saturated heterocycles. The van der Waals surface area contributed by atoms with Crippen LogP contribution in [0.4, 0.5) is 0 Å². The molecule has 0 aliphatic carbocycles. The molecule has 0 spiro atoms. The Morgan fingerprint density at radius 2 is 1.89 bits per heavy atom. The minimum absolute atomic E-state index is 0.0650. The SMILES string of the molecule is Cc1n[nH]cc1CN1CC(COC(C)(C)C)C(CN2CCCN(C)CC2)C1. The Balaban J connectivity index is 1.61. The number of nitrogens with one attached hydrogen (secondary N) is 1. The summed E-state index contributed by atoms with van der Waals surface area (Å²) in [6, 6.07) is 0. The fraction of sp³-hybridized carbons (Fsp3) is 0.857. The van der Waals surface area contributed by atoms with Crippen molar-refractivity contribution in [3.8, 4) is 0 Å². The number of aromatic nitrogens is 2. The maximum atomic E-state index is 6.21. The van der Waals surface area contributed by atoms with Gasteiger partial charge in [0, 0.05) is 56.9 Å². The molecule has 27 heavy (non-hydrogen) atoms. The van der Waals surface area contributed by atoms with Crippen molar-refractivity contribution in [1.29, 1.82) is 0 Å². The van der Waals surface area contributed by atoms with Crippen molar-refractivity contribution >= 4 is 0 Å². The van der Waals surface area contributed by atoms with E-state index in [4.69, 9.17) is 4.74 Å². The van der Waals surface area contributed by atoms with Gasteiger partial charge in [-0.05, 0) is 60.2 Å². The smallest absolute Gasteiger partial charge is 0.0636 e. The molecule has 2 unspecified atom stereocenters. The molecule has 2 aliphatic rings. The number of aryl methyl sites for hydroxylation is 1. The van der Waals surface area contributed by atoms with E-state index in [0.29, 0.717) is 11.8 Å². The lowest BCUT2D eigenvalue weighted by molar-refractivity contribution is -0.0283. The highest BCUT2D eigenvalue weighted by molar-refractivity contribution is 5.14. The lowest BCUT2D eigenvalue weighted by atomic mass is 9.96. The lowest BCUT2D eigenvalue weighted by Gasteiger charge is -2.29. The summed E-state index contributed by atoms with van der Waals surface area (Å²) >= 11 is 0. The molecule has 0 amide bonds. The number of likely N-dealkylation sites (N-methyl/N-ethyl adjacent to an activating group) is 1. The van der Waals surface area contributed by atoms with Crippen molar-refractivity contribution < 1.29 is 4.74 Å². The Kier molecular flexibility index (Phi) is 6.95. The van der Waals surface area contributed by atoms with Gasteiger partial charge in [0.05, 0.1) is 17.9 Å². The van der Waals surface area contributed by atoms with Gasteiger partial charge in [-0.25, -0.2) is 0 Å². The van der Waals surface area contributed by atoms with Gasteiger partial charge in [0.15, 0.2) is 0 Å². The van der Waals surface area contributed by atoms with Crippen LogP contribution in [0.25, 0.3) is 0 Å². The van der Waals surface area contributed by atoms with Gasteiger partial charge in [-0.15, -0.1) is 0 Å². The normalized spacial score (nSPS) is 26.6. The first-order valence-electron chi connectivity index (χ1n) is 10.6. The molecule has 0 aromatic carbocycles. The Morgan fingerprint density at radius 1 is 1.11 bits per heavy atom. The first-order valence-corrected chi connectivity index (χ1v) is 10.6. The Bertz CT molecular complexity index is 581. The summed E-state index contributed by atoms with van der Waals surface area (Å²) in [6.45, 7) is 18.8. The first kappa shape index (κ1) is 20.8. The van der Waals surface area contributed by atoms with Crippen LogP contribution >= 0.6 is 0 Å². The zero-order valence-corrected chi connectivity index (χ0v) is 18.0. The highest BCUT2D eigenvalue weighted by Gasteiger charge is 2.35. The minimum atomic E-state index is -0.0650. The average Bonchev–Trinajstić information content (AvgIpc) is 3.09. The van der Waals surface area contributed by atoms with E-state index in [0.717, 1.165) is 31.9 Å². The summed E-state index contributed by atoms with van der Waals surface area (Å²) in [6.07, 6.45) is 3.33. The molecule has 154 valence electrons. The number of nitrogens with zero attached hydrogens (tertiary/aromatic N) is 4. The average molecular weight is 378 g/mol. The number of hydrogen-bond donors (Lipinski definition) is 1. The number of rotatable bonds is 6. The third-order valence-corrected chi connectivity index (χ3v) is 6.02. The Morgan fingerprint density at radius 3 is 2.59 bits per heavy atom. The van der Waals surface area contributed by atoms with Gasteiger partial charge in [0.1, 0.15) is 0 Å². The predicted molar refractivity (Wildman–Crippen MR) is 110 cm³/mol. The van der Waals surface area contributed by atoms with Crippen molar-refractivity contribution in [3.63, 3.8) is 0 Å². The zero-order valence-electron chi connectivity index (χ0n) is 18.0. The maximum Gasteiger partial charge on any atom is 0.0636 e. The van der Waals surface area contributed by atoms with Crippen molar-refractivity contribution in [2.45, 2.75) is 46.3 Å². The third-order valence-electron chi connectivity index (χ3n) is 6.02. The summed E-state index contributed by atoms with van der Waals surface area (Å²) < 4.78 is 6.21. The van der Waals surface area contributed by atoms with Crippen molar-refractivity contribution in [3.05, 3.63) is 17.5 Å². The number of H-pyrrole nitrogens is 1. The van der Waals surface area contributed by atoms with Crippen LogP contribution in [0.5, 0.6) is 0 Å². The molecule has 1 aromatic heterocycles. The quantitative estimate of drug-likeness (QED) is 0.824. The topological polar surface area (TPSA) is 47.6 Å². The van der Waals surface area contributed by atoms with Crippen molar-refractivity contribution in [1.82, 2.24) is 24.9 Å². The zero-order chi connectivity index (χ0) is 19.4. The van der Waals surface area contributed by atoms with Crippen LogP contribution < -0.4 is 0 Å². The second kappa shape index (κ2) is 9.03. The van der Waals surface area contributed by atoms with Crippen LogP contribution in [0.1, 0.15) is 38.4 Å². The molecule has 2 atom stereocenters. The summed E-state index contributed by atoms with van der Waals surface area (Å²) in [5.41, 5.74) is 2.38. The van der Waals surface area contributed by atoms with Crippen molar-refractivity contribution in [2.75, 3.05) is 59.5 Å². The van der Waals surface area contributed by atoms with Gasteiger partial charge < -0.3 is 14.5 Å². The van der Waals surface area contributed by atoms with E-state index in [1.54, 1.807) is 0 Å². The first-order chi connectivity index (χ1) is 12.8. The van der Waals surface area contributed by atoms with Gasteiger partial charge in [-0.3, -0.25) is 10.00 Å². The second-order valence-electron chi connectivity index (χ2n) is 9.59. The largest absolute Gasteiger partial charge is 0.376 e. The van der Waals surface area contributed by atoms with E-state index < -0.39 is 0 Å². The number of ether oxygens (including phenoxy) is 1. The minimum Gasteiger partial charge on any atom is -0.376 e. The molecular weight excluding hydrogens is 338 g/mol. The summed E-state index contributed by atoms with van der Waals surface area (Å²) in [5, 5.41) is 7.29. The molecule has 0 saturated carbocycles. The van der Waals surface area contributed by atoms with Crippen LogP contribution in [0.2, 0.25) is 0 Å². The van der Waals surface area contributed by atoms with Crippen LogP contribution in [-0.4, -0.2) is 90.0 Å². The van der Waals surface area contributed by atoms with E-state index in [2.05, 4.69) is 59.6 Å². The summed E-state index contributed by atoms with van der Waals surface area (Å²) in [7, 11) is 2.24. The molecule has 6 nitrogen and oxygen atoms in total. The van der Waals surface area contributed by atoms with Crippen LogP contribution in [0.15, 0.2) is 6.20 Å². The molecule has 3 rings (SSSR count). The molecular formula is C21H39N5O. The van der Waals surface area contributed by atoms with Gasteiger partial charge in [0.2, 0.25) is 0 Å². The number of likely N-dealkylation sites (tertiary alicyclic amines) is 1. The van der Waals surface area contributed by atoms with Gasteiger partial charge in [-0.1, -0.05) is 0 Å². The third kappa shape index (κ3) is 6.28. The van der Waals surface area contributed by atoms with Gasteiger partial charge >= 0.3 is 0 Å². The van der Waals surface area contributed by atoms with E-state index in [1.165, 1.54) is 44.7 Å². The van der Waals surface area contributed by atoms with Crippen LogP contribution in [0.3, 0.4) is 0 Å². The highest BCUT2D eigenvalue weighted by Crippen LogP contribution is 2.28. The molecule has 2 aliphatic heterocycles. The fourth-order valence-corrected chi connectivity index (χ4v) is 4.32. The Labute approximate surface area is 165 Å². The molecule has 0 radical (unpaired) electrons. The molecule has 3 heterocycles. The van der Waals surface area contributed by atoms with E-state index >= 15 is 0 Å².